The maximum Gasteiger partial charge on any atom is 0.340 e. The van der Waals surface area contributed by atoms with Crippen LogP contribution in [-0.4, -0.2) is 25.0 Å². The Balaban J connectivity index is 3.01. The minimum absolute atomic E-state index is 0.00567. The molecule has 1 amide bonds. The van der Waals surface area contributed by atoms with Crippen LogP contribution >= 0.6 is 11.6 Å². The lowest BCUT2D eigenvalue weighted by molar-refractivity contribution is -0.118. The van der Waals surface area contributed by atoms with Crippen LogP contribution in [0.3, 0.4) is 0 Å². The summed E-state index contributed by atoms with van der Waals surface area (Å²) in [5.41, 5.74) is 6.27. The van der Waals surface area contributed by atoms with Crippen LogP contribution in [0.25, 0.3) is 0 Å². The molecule has 0 aliphatic rings. The molecule has 0 radical (unpaired) electrons. The molecule has 1 aromatic rings. The average molecular weight is 285 g/mol. The quantitative estimate of drug-likeness (QED) is 0.829. The van der Waals surface area contributed by atoms with Gasteiger partial charge in [0.15, 0.2) is 0 Å². The normalized spacial score (nSPS) is 12.1. The van der Waals surface area contributed by atoms with Gasteiger partial charge in [-0.2, -0.15) is 0 Å². The van der Waals surface area contributed by atoms with Crippen molar-refractivity contribution in [3.8, 4) is 0 Å². The molecular weight excluding hydrogens is 268 g/mol. The molecule has 5 nitrogen and oxygen atoms in total. The summed E-state index contributed by atoms with van der Waals surface area (Å²) in [4.78, 5) is 23.5. The number of ether oxygens (including phenoxy) is 1. The van der Waals surface area contributed by atoms with E-state index >= 15 is 0 Å². The van der Waals surface area contributed by atoms with Gasteiger partial charge < -0.3 is 15.8 Å². The molecule has 0 spiro atoms. The number of methoxy groups -OCH3 is 1. The molecule has 19 heavy (non-hydrogen) atoms. The fraction of sp³-hybridized carbons (Fsp3) is 0.385. The monoisotopic (exact) mass is 284 g/mol. The van der Waals surface area contributed by atoms with Crippen LogP contribution in [0, 0.1) is 5.92 Å². The molecule has 3 N–H and O–H groups in total. The van der Waals surface area contributed by atoms with Crippen LogP contribution < -0.4 is 11.1 Å². The minimum atomic E-state index is -0.652. The van der Waals surface area contributed by atoms with E-state index < -0.39 is 12.0 Å². The van der Waals surface area contributed by atoms with Gasteiger partial charge in [-0.15, -0.1) is 0 Å². The molecule has 6 heteroatoms. The van der Waals surface area contributed by atoms with Crippen molar-refractivity contribution in [3.63, 3.8) is 0 Å². The maximum absolute atomic E-state index is 11.9. The molecule has 0 bridgehead atoms. The van der Waals surface area contributed by atoms with Gasteiger partial charge in [0.2, 0.25) is 5.91 Å². The summed E-state index contributed by atoms with van der Waals surface area (Å²) in [6.45, 7) is 3.68. The number of anilines is 1. The van der Waals surface area contributed by atoms with E-state index in [9.17, 15) is 9.59 Å². The summed E-state index contributed by atoms with van der Waals surface area (Å²) in [5.74, 6) is -0.938. The minimum Gasteiger partial charge on any atom is -0.465 e. The second-order valence-corrected chi connectivity index (χ2v) is 4.88. The van der Waals surface area contributed by atoms with Gasteiger partial charge >= 0.3 is 5.97 Å². The molecule has 1 rings (SSSR count). The van der Waals surface area contributed by atoms with Gasteiger partial charge in [-0.25, -0.2) is 4.79 Å². The number of hydrogen-bond donors (Lipinski definition) is 2. The van der Waals surface area contributed by atoms with Gasteiger partial charge in [0.1, 0.15) is 0 Å². The van der Waals surface area contributed by atoms with Crippen molar-refractivity contribution in [2.45, 2.75) is 19.9 Å². The van der Waals surface area contributed by atoms with E-state index in [1.54, 1.807) is 12.1 Å². The third-order valence-electron chi connectivity index (χ3n) is 2.67. The van der Waals surface area contributed by atoms with Gasteiger partial charge in [-0.05, 0) is 24.1 Å². The topological polar surface area (TPSA) is 81.4 Å². The predicted molar refractivity (Wildman–Crippen MR) is 74.2 cm³/mol. The van der Waals surface area contributed by atoms with Crippen LogP contribution in [-0.2, 0) is 9.53 Å². The van der Waals surface area contributed by atoms with E-state index in [0.29, 0.717) is 10.7 Å². The van der Waals surface area contributed by atoms with Crippen molar-refractivity contribution in [3.05, 3.63) is 28.8 Å². The summed E-state index contributed by atoms with van der Waals surface area (Å²) < 4.78 is 4.64. The number of halogens is 1. The van der Waals surface area contributed by atoms with E-state index in [4.69, 9.17) is 17.3 Å². The second-order valence-electron chi connectivity index (χ2n) is 4.44. The lowest BCUT2D eigenvalue weighted by Gasteiger charge is -2.16. The zero-order valence-corrected chi connectivity index (χ0v) is 11.8. The van der Waals surface area contributed by atoms with Crippen molar-refractivity contribution < 1.29 is 14.3 Å². The van der Waals surface area contributed by atoms with E-state index in [-0.39, 0.29) is 17.4 Å². The third kappa shape index (κ3) is 3.94. The van der Waals surface area contributed by atoms with Crippen LogP contribution in [0.2, 0.25) is 5.02 Å². The van der Waals surface area contributed by atoms with Crippen LogP contribution in [0.4, 0.5) is 5.69 Å². The summed E-state index contributed by atoms with van der Waals surface area (Å²) in [7, 11) is 1.26. The van der Waals surface area contributed by atoms with E-state index in [0.717, 1.165) is 0 Å². The molecule has 0 aliphatic heterocycles. The average Bonchev–Trinajstić information content (AvgIpc) is 2.38. The summed E-state index contributed by atoms with van der Waals surface area (Å²) >= 11 is 5.82. The number of nitrogens with two attached hydrogens (primary N) is 1. The van der Waals surface area contributed by atoms with Gasteiger partial charge in [0, 0.05) is 5.02 Å². The summed E-state index contributed by atoms with van der Waals surface area (Å²) in [6, 6.07) is 3.90. The molecule has 0 saturated carbocycles. The molecule has 104 valence electrons. The van der Waals surface area contributed by atoms with Gasteiger partial charge in [-0.1, -0.05) is 25.4 Å². The first-order chi connectivity index (χ1) is 8.86. The van der Waals surface area contributed by atoms with Crippen molar-refractivity contribution in [1.82, 2.24) is 0 Å². The van der Waals surface area contributed by atoms with Gasteiger partial charge in [0.25, 0.3) is 0 Å². The first kappa shape index (κ1) is 15.5. The Bertz CT molecular complexity index is 489. The number of hydrogen-bond acceptors (Lipinski definition) is 4. The Morgan fingerprint density at radius 1 is 1.37 bits per heavy atom. The maximum atomic E-state index is 11.9. The van der Waals surface area contributed by atoms with E-state index in [1.165, 1.54) is 13.2 Å². The summed E-state index contributed by atoms with van der Waals surface area (Å²) in [5, 5.41) is 2.99. The Hall–Kier alpha value is -1.59. The standard InChI is InChI=1S/C13H17ClN2O3/c1-7(2)11(15)12(17)16-10-5-4-8(14)6-9(10)13(18)19-3/h4-7,11H,15H2,1-3H3,(H,16,17)/t11-/m0/s1. The number of esters is 1. The summed E-state index contributed by atoms with van der Waals surface area (Å²) in [6.07, 6.45) is 0. The number of carbonyl (C=O) groups excluding carboxylic acids is 2. The highest BCUT2D eigenvalue weighted by molar-refractivity contribution is 6.31. The van der Waals surface area contributed by atoms with Crippen LogP contribution in [0.5, 0.6) is 0 Å². The molecule has 0 aliphatic carbocycles. The first-order valence-corrected chi connectivity index (χ1v) is 6.19. The predicted octanol–water partition coefficient (Wildman–Crippen LogP) is 2.05. The molecule has 0 aromatic heterocycles. The van der Waals surface area contributed by atoms with Crippen molar-refractivity contribution in [2.24, 2.45) is 11.7 Å². The van der Waals surface area contributed by atoms with Crippen LogP contribution in [0.15, 0.2) is 18.2 Å². The SMILES string of the molecule is COC(=O)c1cc(Cl)ccc1NC(=O)[C@@H](N)C(C)C. The zero-order valence-electron chi connectivity index (χ0n) is 11.1. The molecule has 0 unspecified atom stereocenters. The Morgan fingerprint density at radius 3 is 2.53 bits per heavy atom. The van der Waals surface area contributed by atoms with Crippen molar-refractivity contribution in [2.75, 3.05) is 12.4 Å². The second kappa shape index (κ2) is 6.54. The van der Waals surface area contributed by atoms with Crippen LogP contribution in [0.1, 0.15) is 24.2 Å². The number of amides is 1. The number of carbonyl (C=O) groups is 2. The molecule has 1 aromatic carbocycles. The molecular formula is C13H17ClN2O3. The van der Waals surface area contributed by atoms with Crippen molar-refractivity contribution >= 4 is 29.2 Å². The van der Waals surface area contributed by atoms with E-state index in [2.05, 4.69) is 10.1 Å². The highest BCUT2D eigenvalue weighted by Crippen LogP contribution is 2.22. The fourth-order valence-corrected chi connectivity index (χ4v) is 1.60. The van der Waals surface area contributed by atoms with Crippen molar-refractivity contribution in [1.29, 1.82) is 0 Å². The first-order valence-electron chi connectivity index (χ1n) is 5.81. The van der Waals surface area contributed by atoms with Gasteiger partial charge in [0.05, 0.1) is 24.4 Å². The largest absolute Gasteiger partial charge is 0.465 e. The Labute approximate surface area is 117 Å². The molecule has 1 atom stereocenters. The fourth-order valence-electron chi connectivity index (χ4n) is 1.42. The lowest BCUT2D eigenvalue weighted by atomic mass is 10.0. The lowest BCUT2D eigenvalue weighted by Crippen LogP contribution is -2.40. The zero-order chi connectivity index (χ0) is 14.6. The number of nitrogens with one attached hydrogen (secondary N) is 1. The third-order valence-corrected chi connectivity index (χ3v) is 2.90. The Kier molecular flexibility index (Phi) is 5.32. The number of benzene rings is 1. The highest BCUT2D eigenvalue weighted by Gasteiger charge is 2.20. The molecule has 0 saturated heterocycles. The highest BCUT2D eigenvalue weighted by atomic mass is 35.5. The smallest absolute Gasteiger partial charge is 0.340 e. The number of rotatable bonds is 4. The van der Waals surface area contributed by atoms with Gasteiger partial charge in [-0.3, -0.25) is 4.79 Å². The molecule has 0 fully saturated rings. The van der Waals surface area contributed by atoms with E-state index in [1.807, 2.05) is 13.8 Å². The molecule has 0 heterocycles. The Morgan fingerprint density at radius 2 is 2.00 bits per heavy atom.